The number of hydrogen-bond acceptors (Lipinski definition) is 8. The number of rotatable bonds is 5. The van der Waals surface area contributed by atoms with Crippen LogP contribution in [-0.2, 0) is 0 Å². The van der Waals surface area contributed by atoms with E-state index in [1.54, 1.807) is 0 Å². The average molecular weight is 381 g/mol. The van der Waals surface area contributed by atoms with E-state index in [1.807, 2.05) is 0 Å². The Balaban J connectivity index is 2.14. The van der Waals surface area contributed by atoms with E-state index in [0.29, 0.717) is 5.69 Å². The Morgan fingerprint density at radius 1 is 1.27 bits per heavy atom. The molecule has 0 amide bonds. The number of nitrogens with one attached hydrogen (secondary N) is 2. The minimum absolute atomic E-state index is 0.0348. The molecule has 1 aliphatic carbocycles. The minimum Gasteiger partial charge on any atom is -0.370 e. The third-order valence-electron chi connectivity index (χ3n) is 5.02. The van der Waals surface area contributed by atoms with Gasteiger partial charge in [0.25, 0.3) is 0 Å². The molecular formula is C12H17ClN12O. The molecule has 0 saturated heterocycles. The van der Waals surface area contributed by atoms with Crippen molar-refractivity contribution in [3.8, 4) is 0 Å². The van der Waals surface area contributed by atoms with Gasteiger partial charge in [0, 0.05) is 34.5 Å². The summed E-state index contributed by atoms with van der Waals surface area (Å²) in [6.45, 7) is 0.109. The normalized spacial score (nSPS) is 35.5. The molecule has 14 heteroatoms. The highest BCUT2D eigenvalue weighted by Gasteiger charge is 2.65. The van der Waals surface area contributed by atoms with Gasteiger partial charge in [0.1, 0.15) is 5.54 Å². The monoisotopic (exact) mass is 380 g/mol. The van der Waals surface area contributed by atoms with Crippen molar-refractivity contribution in [2.24, 2.45) is 32.8 Å². The maximum atomic E-state index is 10.7. The number of halogens is 1. The summed E-state index contributed by atoms with van der Waals surface area (Å²) in [6.07, 6.45) is 0.261. The molecule has 1 saturated carbocycles. The van der Waals surface area contributed by atoms with Gasteiger partial charge in [0.2, 0.25) is 0 Å². The molecule has 6 atom stereocenters. The van der Waals surface area contributed by atoms with E-state index < -0.39 is 29.0 Å². The summed E-state index contributed by atoms with van der Waals surface area (Å²) < 4.78 is 0. The zero-order valence-corrected chi connectivity index (χ0v) is 14.2. The molecule has 0 bridgehead atoms. The van der Waals surface area contributed by atoms with E-state index in [0.717, 1.165) is 0 Å². The van der Waals surface area contributed by atoms with Crippen LogP contribution in [0.2, 0.25) is 0 Å². The van der Waals surface area contributed by atoms with Crippen LogP contribution < -0.4 is 16.8 Å². The smallest absolute Gasteiger partial charge is 0.197 e. The van der Waals surface area contributed by atoms with Crippen molar-refractivity contribution in [2.45, 2.75) is 23.1 Å². The van der Waals surface area contributed by atoms with Crippen LogP contribution in [0.5, 0.6) is 0 Å². The minimum atomic E-state index is -1.26. The molecule has 1 unspecified atom stereocenters. The Bertz CT molecular complexity index is 811. The largest absolute Gasteiger partial charge is 0.370 e. The second-order valence-electron chi connectivity index (χ2n) is 6.20. The third kappa shape index (κ3) is 2.63. The first-order valence-corrected chi connectivity index (χ1v) is 8.15. The predicted octanol–water partition coefficient (Wildman–Crippen LogP) is 0.525. The number of aliphatic hydroxyl groups is 1. The van der Waals surface area contributed by atoms with Crippen LogP contribution >= 0.6 is 11.6 Å². The summed E-state index contributed by atoms with van der Waals surface area (Å²) in [5, 5.41) is 20.2. The second kappa shape index (κ2) is 6.81. The molecule has 1 aromatic heterocycles. The van der Waals surface area contributed by atoms with E-state index in [1.165, 1.54) is 6.20 Å². The van der Waals surface area contributed by atoms with Crippen molar-refractivity contribution in [1.29, 1.82) is 0 Å². The van der Waals surface area contributed by atoms with Crippen LogP contribution in [0, 0.1) is 11.8 Å². The van der Waals surface area contributed by atoms with Gasteiger partial charge in [0.15, 0.2) is 18.1 Å². The molecular weight excluding hydrogens is 364 g/mol. The standard InChI is InChI=1S/C12H17ClN12O/c13-8-5(2-20-25-17)4(1-19-24-16)7(6-3-18-10(14)21-6)12(8)9(26)22-11(15)23-12/h3-5,7-9,26H,1-2H2,(H3,14,18,21)(H3,15,22,23)/t4-,5-,7-,8+,9?,12+/m1/s1. The van der Waals surface area contributed by atoms with Gasteiger partial charge in [-0.2, -0.15) is 0 Å². The number of aromatic nitrogens is 2. The highest BCUT2D eigenvalue weighted by Crippen LogP contribution is 2.55. The van der Waals surface area contributed by atoms with Crippen molar-refractivity contribution >= 4 is 23.5 Å². The summed E-state index contributed by atoms with van der Waals surface area (Å²) >= 11 is 6.73. The lowest BCUT2D eigenvalue weighted by atomic mass is 9.79. The number of H-pyrrole nitrogens is 1. The lowest BCUT2D eigenvalue weighted by molar-refractivity contribution is 0.0821. The van der Waals surface area contributed by atoms with E-state index in [2.05, 4.69) is 40.3 Å². The number of anilines is 1. The first-order valence-electron chi connectivity index (χ1n) is 7.71. The van der Waals surface area contributed by atoms with E-state index in [4.69, 9.17) is 34.1 Å². The maximum Gasteiger partial charge on any atom is 0.197 e. The van der Waals surface area contributed by atoms with Gasteiger partial charge in [-0.25, -0.2) is 9.98 Å². The Hall–Kier alpha value is -2.85. The molecule has 26 heavy (non-hydrogen) atoms. The van der Waals surface area contributed by atoms with Gasteiger partial charge < -0.3 is 26.9 Å². The van der Waals surface area contributed by atoms with Gasteiger partial charge in [-0.3, -0.25) is 0 Å². The Morgan fingerprint density at radius 2 is 1.92 bits per heavy atom. The van der Waals surface area contributed by atoms with E-state index in [-0.39, 0.29) is 30.9 Å². The fourth-order valence-electron chi connectivity index (χ4n) is 4.08. The number of nitrogens with zero attached hydrogens (tertiary/aromatic N) is 8. The fourth-order valence-corrected chi connectivity index (χ4v) is 4.65. The summed E-state index contributed by atoms with van der Waals surface area (Å²) in [7, 11) is 0. The fraction of sp³-hybridized carbons (Fsp3) is 0.667. The summed E-state index contributed by atoms with van der Waals surface area (Å²) in [6, 6.07) is 0. The number of nitrogen functional groups attached to an aromatic ring is 1. The van der Waals surface area contributed by atoms with Crippen LogP contribution in [0.15, 0.2) is 21.4 Å². The van der Waals surface area contributed by atoms with Gasteiger partial charge >= 0.3 is 0 Å². The summed E-state index contributed by atoms with van der Waals surface area (Å²) in [5.74, 6) is -1.12. The number of aromatic amines is 1. The summed E-state index contributed by atoms with van der Waals surface area (Å²) in [4.78, 5) is 16.5. The molecule has 2 heterocycles. The SMILES string of the molecule is [N-]=[N+]=NC[C@@H]1[C@@H](CN=[N+]=[N-])[C@H](c2cnc(N)[nH]2)[C@]2(NC(N)=NC2O)[C@H]1Cl. The summed E-state index contributed by atoms with van der Waals surface area (Å²) in [5.41, 5.74) is 28.3. The first kappa shape index (κ1) is 18.0. The molecule has 1 aromatic rings. The molecule has 1 spiro atoms. The molecule has 0 aromatic carbocycles. The van der Waals surface area contributed by atoms with Crippen molar-refractivity contribution in [1.82, 2.24) is 15.3 Å². The molecule has 2 aliphatic rings. The first-order chi connectivity index (χ1) is 12.5. The van der Waals surface area contributed by atoms with Crippen LogP contribution in [0.1, 0.15) is 11.6 Å². The number of guanidine groups is 1. The molecule has 0 radical (unpaired) electrons. The number of azide groups is 2. The van der Waals surface area contributed by atoms with Crippen LogP contribution in [-0.4, -0.2) is 51.3 Å². The zero-order chi connectivity index (χ0) is 18.9. The lowest BCUT2D eigenvalue weighted by Gasteiger charge is -2.37. The van der Waals surface area contributed by atoms with Crippen molar-refractivity contribution in [3.63, 3.8) is 0 Å². The lowest BCUT2D eigenvalue weighted by Crippen LogP contribution is -2.59. The number of hydrogen-bond donors (Lipinski definition) is 5. The number of imidazole rings is 1. The zero-order valence-electron chi connectivity index (χ0n) is 13.4. The van der Waals surface area contributed by atoms with E-state index >= 15 is 0 Å². The number of aliphatic hydroxyl groups excluding tert-OH is 1. The molecule has 138 valence electrons. The van der Waals surface area contributed by atoms with Crippen molar-refractivity contribution in [2.75, 3.05) is 18.8 Å². The Labute approximate surface area is 152 Å². The quantitative estimate of drug-likeness (QED) is 0.212. The molecule has 1 aliphatic heterocycles. The van der Waals surface area contributed by atoms with Gasteiger partial charge in [-0.15, -0.1) is 11.6 Å². The predicted molar refractivity (Wildman–Crippen MR) is 93.9 cm³/mol. The van der Waals surface area contributed by atoms with Crippen LogP contribution in [0.3, 0.4) is 0 Å². The van der Waals surface area contributed by atoms with Crippen molar-refractivity contribution in [3.05, 3.63) is 32.8 Å². The Morgan fingerprint density at radius 3 is 2.42 bits per heavy atom. The third-order valence-corrected chi connectivity index (χ3v) is 5.70. The van der Waals surface area contributed by atoms with Crippen LogP contribution in [0.4, 0.5) is 5.95 Å². The topological polar surface area (TPSA) is 223 Å². The molecule has 1 fully saturated rings. The highest BCUT2D eigenvalue weighted by molar-refractivity contribution is 6.22. The van der Waals surface area contributed by atoms with Gasteiger partial charge in [-0.05, 0) is 22.9 Å². The molecule has 13 nitrogen and oxygen atoms in total. The second-order valence-corrected chi connectivity index (χ2v) is 6.67. The highest BCUT2D eigenvalue weighted by atomic mass is 35.5. The average Bonchev–Trinajstić information content (AvgIpc) is 3.21. The van der Waals surface area contributed by atoms with Gasteiger partial charge in [-0.1, -0.05) is 10.2 Å². The molecule has 3 rings (SSSR count). The molecule has 7 N–H and O–H groups in total. The van der Waals surface area contributed by atoms with Gasteiger partial charge in [0.05, 0.1) is 11.6 Å². The number of alkyl halides is 1. The number of aliphatic imine (C=N–C) groups is 1. The number of nitrogens with two attached hydrogens (primary N) is 2. The van der Waals surface area contributed by atoms with Crippen LogP contribution in [0.25, 0.3) is 20.9 Å². The van der Waals surface area contributed by atoms with E-state index in [9.17, 15) is 5.11 Å². The maximum absolute atomic E-state index is 10.7. The Kier molecular flexibility index (Phi) is 4.70. The van der Waals surface area contributed by atoms with Crippen molar-refractivity contribution < 1.29 is 5.11 Å².